The molecule has 1 aromatic heterocycles. The van der Waals surface area contributed by atoms with Gasteiger partial charge in [-0.25, -0.2) is 17.9 Å². The minimum atomic E-state index is -3.79. The Bertz CT molecular complexity index is 1180. The maximum absolute atomic E-state index is 12.9. The number of halogens is 1. The van der Waals surface area contributed by atoms with Crippen LogP contribution in [0.25, 0.3) is 6.08 Å². The number of sulfonamides is 1. The first-order valence-corrected chi connectivity index (χ1v) is 11.3. The van der Waals surface area contributed by atoms with Gasteiger partial charge >= 0.3 is 5.97 Å². The first kappa shape index (κ1) is 22.7. The highest BCUT2D eigenvalue weighted by atomic mass is 35.5. The number of rotatable bonds is 8. The van der Waals surface area contributed by atoms with Gasteiger partial charge in [-0.1, -0.05) is 41.9 Å². The predicted octanol–water partition coefficient (Wildman–Crippen LogP) is 4.49. The van der Waals surface area contributed by atoms with Gasteiger partial charge in [-0.15, -0.1) is 0 Å². The lowest BCUT2D eigenvalue weighted by Gasteiger charge is -2.19. The summed E-state index contributed by atoms with van der Waals surface area (Å²) in [4.78, 5) is 15.2. The Labute approximate surface area is 186 Å². The molecule has 0 aliphatic heterocycles. The molecule has 1 unspecified atom stereocenters. The topological polar surface area (TPSA) is 96.4 Å². The molecule has 0 saturated carbocycles. The maximum atomic E-state index is 12.9. The van der Waals surface area contributed by atoms with Crippen LogP contribution in [0, 0.1) is 0 Å². The van der Waals surface area contributed by atoms with Gasteiger partial charge in [0.25, 0.3) is 0 Å². The van der Waals surface area contributed by atoms with Gasteiger partial charge in [0.2, 0.25) is 10.0 Å². The van der Waals surface area contributed by atoms with Crippen molar-refractivity contribution in [3.8, 4) is 0 Å². The summed E-state index contributed by atoms with van der Waals surface area (Å²) in [6.07, 6.45) is 5.22. The molecule has 2 N–H and O–H groups in total. The first-order chi connectivity index (χ1) is 14.7. The molecule has 0 amide bonds. The van der Waals surface area contributed by atoms with E-state index in [0.717, 1.165) is 16.7 Å². The van der Waals surface area contributed by atoms with Crippen molar-refractivity contribution in [3.05, 3.63) is 100 Å². The lowest BCUT2D eigenvalue weighted by atomic mass is 10.00. The van der Waals surface area contributed by atoms with Gasteiger partial charge in [0, 0.05) is 23.0 Å². The average molecular weight is 457 g/mol. The fraction of sp³-hybridized carbons (Fsp3) is 0.130. The lowest BCUT2D eigenvalue weighted by molar-refractivity contribution is -0.132. The molecular formula is C23H21ClN2O4S. The van der Waals surface area contributed by atoms with Gasteiger partial charge in [-0.3, -0.25) is 4.98 Å². The largest absolute Gasteiger partial charge is 0.478 e. The van der Waals surface area contributed by atoms with Crippen molar-refractivity contribution < 1.29 is 18.3 Å². The number of aliphatic carboxylic acids is 1. The molecule has 0 bridgehead atoms. The number of aromatic nitrogens is 1. The average Bonchev–Trinajstić information content (AvgIpc) is 2.75. The van der Waals surface area contributed by atoms with Crippen molar-refractivity contribution in [3.63, 3.8) is 0 Å². The SMILES string of the molecule is CC(=Cc1ccc(CC(NS(=O)(=O)c2ccc(Cl)cc2)c2cccnc2)cc1)C(=O)O. The molecule has 1 heterocycles. The highest BCUT2D eigenvalue weighted by Gasteiger charge is 2.22. The summed E-state index contributed by atoms with van der Waals surface area (Å²) in [7, 11) is -3.79. The molecule has 0 saturated heterocycles. The number of carboxylic acids is 1. The van der Waals surface area contributed by atoms with Crippen LogP contribution < -0.4 is 4.72 Å². The molecule has 3 aromatic rings. The van der Waals surface area contributed by atoms with Crippen LogP contribution in [0.5, 0.6) is 0 Å². The van der Waals surface area contributed by atoms with Crippen LogP contribution >= 0.6 is 11.6 Å². The first-order valence-electron chi connectivity index (χ1n) is 9.43. The van der Waals surface area contributed by atoms with Gasteiger partial charge in [-0.05, 0) is 66.4 Å². The summed E-state index contributed by atoms with van der Waals surface area (Å²) >= 11 is 5.87. The standard InChI is InChI=1S/C23H21ClN2O4S/c1-16(23(27)28)13-17-4-6-18(7-5-17)14-22(19-3-2-12-25-15-19)26-31(29,30)21-10-8-20(24)9-11-21/h2-13,15,22,26H,14H2,1H3,(H,27,28). The Morgan fingerprint density at radius 1 is 1.13 bits per heavy atom. The number of hydrogen-bond donors (Lipinski definition) is 2. The number of carbonyl (C=O) groups is 1. The van der Waals surface area contributed by atoms with Crippen molar-refractivity contribution >= 4 is 33.7 Å². The van der Waals surface area contributed by atoms with Gasteiger partial charge in [0.05, 0.1) is 10.9 Å². The summed E-state index contributed by atoms with van der Waals surface area (Å²) in [5, 5.41) is 9.47. The number of carboxylic acid groups (broad SMARTS) is 1. The van der Waals surface area contributed by atoms with Gasteiger partial charge < -0.3 is 5.11 Å². The van der Waals surface area contributed by atoms with Crippen molar-refractivity contribution in [2.75, 3.05) is 0 Å². The van der Waals surface area contributed by atoms with Gasteiger partial charge in [0.15, 0.2) is 0 Å². The lowest BCUT2D eigenvalue weighted by Crippen LogP contribution is -2.30. The third-order valence-corrected chi connectivity index (χ3v) is 6.39. The number of hydrogen-bond acceptors (Lipinski definition) is 4. The van der Waals surface area contributed by atoms with E-state index in [4.69, 9.17) is 16.7 Å². The molecule has 3 rings (SSSR count). The van der Waals surface area contributed by atoms with E-state index < -0.39 is 22.0 Å². The van der Waals surface area contributed by atoms with Gasteiger partial charge in [-0.2, -0.15) is 0 Å². The van der Waals surface area contributed by atoms with Crippen LogP contribution in [0.3, 0.4) is 0 Å². The zero-order chi connectivity index (χ0) is 22.4. The monoisotopic (exact) mass is 456 g/mol. The molecule has 0 radical (unpaired) electrons. The van der Waals surface area contributed by atoms with Crippen molar-refractivity contribution in [1.29, 1.82) is 0 Å². The van der Waals surface area contributed by atoms with E-state index in [1.165, 1.54) is 31.2 Å². The van der Waals surface area contributed by atoms with Crippen LogP contribution in [0.4, 0.5) is 0 Å². The van der Waals surface area contributed by atoms with Crippen LogP contribution in [-0.4, -0.2) is 24.5 Å². The third kappa shape index (κ3) is 6.24. The van der Waals surface area contributed by atoms with Crippen LogP contribution in [0.15, 0.2) is 83.5 Å². The Hall–Kier alpha value is -3.00. The summed E-state index contributed by atoms with van der Waals surface area (Å²) in [5.74, 6) is -0.975. The highest BCUT2D eigenvalue weighted by molar-refractivity contribution is 7.89. The minimum absolute atomic E-state index is 0.121. The summed E-state index contributed by atoms with van der Waals surface area (Å²) < 4.78 is 28.6. The normalized spacial score (nSPS) is 13.0. The molecule has 0 aliphatic rings. The zero-order valence-electron chi connectivity index (χ0n) is 16.7. The van der Waals surface area contributed by atoms with E-state index in [1.54, 1.807) is 36.7 Å². The zero-order valence-corrected chi connectivity index (χ0v) is 18.3. The molecule has 1 atom stereocenters. The van der Waals surface area contributed by atoms with Crippen LogP contribution in [-0.2, 0) is 21.2 Å². The molecule has 0 spiro atoms. The van der Waals surface area contributed by atoms with Crippen LogP contribution in [0.2, 0.25) is 5.02 Å². The Kier molecular flexibility index (Phi) is 7.22. The Morgan fingerprint density at radius 3 is 2.39 bits per heavy atom. The van der Waals surface area contributed by atoms with E-state index in [-0.39, 0.29) is 10.5 Å². The predicted molar refractivity (Wildman–Crippen MR) is 120 cm³/mol. The molecular weight excluding hydrogens is 436 g/mol. The second-order valence-corrected chi connectivity index (χ2v) is 9.14. The number of pyridine rings is 1. The number of nitrogens with one attached hydrogen (secondary N) is 1. The number of benzene rings is 2. The van der Waals surface area contributed by atoms with Crippen molar-refractivity contribution in [2.24, 2.45) is 0 Å². The van der Waals surface area contributed by atoms with Gasteiger partial charge in [0.1, 0.15) is 0 Å². The highest BCUT2D eigenvalue weighted by Crippen LogP contribution is 2.22. The van der Waals surface area contributed by atoms with E-state index in [9.17, 15) is 13.2 Å². The van der Waals surface area contributed by atoms with Crippen molar-refractivity contribution in [2.45, 2.75) is 24.3 Å². The van der Waals surface area contributed by atoms with E-state index in [1.807, 2.05) is 18.2 Å². The number of nitrogens with zero attached hydrogens (tertiary/aromatic N) is 1. The second kappa shape index (κ2) is 9.87. The molecule has 6 nitrogen and oxygen atoms in total. The van der Waals surface area contributed by atoms with E-state index >= 15 is 0 Å². The fourth-order valence-electron chi connectivity index (χ4n) is 2.98. The maximum Gasteiger partial charge on any atom is 0.331 e. The molecule has 31 heavy (non-hydrogen) atoms. The Morgan fingerprint density at radius 2 is 1.81 bits per heavy atom. The summed E-state index contributed by atoms with van der Waals surface area (Å²) in [5.41, 5.74) is 2.60. The Balaban J connectivity index is 1.86. The van der Waals surface area contributed by atoms with E-state index in [0.29, 0.717) is 11.4 Å². The molecule has 0 aliphatic carbocycles. The van der Waals surface area contributed by atoms with E-state index in [2.05, 4.69) is 9.71 Å². The summed E-state index contributed by atoms with van der Waals surface area (Å²) in [6, 6.07) is 16.3. The molecule has 160 valence electrons. The second-order valence-electron chi connectivity index (χ2n) is 6.99. The van der Waals surface area contributed by atoms with Crippen LogP contribution in [0.1, 0.15) is 29.7 Å². The molecule has 8 heteroatoms. The summed E-state index contributed by atoms with van der Waals surface area (Å²) in [6.45, 7) is 1.53. The third-order valence-electron chi connectivity index (χ3n) is 4.65. The smallest absolute Gasteiger partial charge is 0.331 e. The molecule has 2 aromatic carbocycles. The minimum Gasteiger partial charge on any atom is -0.478 e. The van der Waals surface area contributed by atoms with Crippen molar-refractivity contribution in [1.82, 2.24) is 9.71 Å². The quantitative estimate of drug-likeness (QED) is 0.487. The molecule has 0 fully saturated rings. The fourth-order valence-corrected chi connectivity index (χ4v) is 4.33.